The quantitative estimate of drug-likeness (QED) is 0.921. The zero-order chi connectivity index (χ0) is 14.0. The van der Waals surface area contributed by atoms with E-state index >= 15 is 0 Å². The Hall–Kier alpha value is -1.88. The molecule has 1 unspecified atom stereocenters. The predicted octanol–water partition coefficient (Wildman–Crippen LogP) is 3.55. The summed E-state index contributed by atoms with van der Waals surface area (Å²) in [5, 5.41) is 0. The number of hydrogen-bond acceptors (Lipinski definition) is 3. The number of alkyl halides is 2. The fourth-order valence-corrected chi connectivity index (χ4v) is 2.00. The molecule has 0 saturated carbocycles. The Morgan fingerprint density at radius 2 is 1.79 bits per heavy atom. The Morgan fingerprint density at radius 1 is 1.16 bits per heavy atom. The second kappa shape index (κ2) is 5.40. The van der Waals surface area contributed by atoms with E-state index in [2.05, 4.69) is 4.74 Å². The summed E-state index contributed by atoms with van der Waals surface area (Å²) >= 11 is 0. The molecule has 0 aliphatic rings. The summed E-state index contributed by atoms with van der Waals surface area (Å²) in [6.07, 6.45) is 0. The minimum absolute atomic E-state index is 0.117. The van der Waals surface area contributed by atoms with Crippen LogP contribution in [0.5, 0.6) is 5.75 Å². The van der Waals surface area contributed by atoms with Gasteiger partial charge in [0.25, 0.3) is 0 Å². The molecule has 0 aliphatic carbocycles. The Labute approximate surface area is 110 Å². The van der Waals surface area contributed by atoms with Gasteiger partial charge in [0.15, 0.2) is 0 Å². The van der Waals surface area contributed by atoms with Crippen molar-refractivity contribution < 1.29 is 17.9 Å². The van der Waals surface area contributed by atoms with E-state index in [-0.39, 0.29) is 11.8 Å². The largest absolute Gasteiger partial charge is 0.466 e. The van der Waals surface area contributed by atoms with Crippen molar-refractivity contribution in [1.82, 2.24) is 0 Å². The van der Waals surface area contributed by atoms with Crippen molar-refractivity contribution in [3.63, 3.8) is 0 Å². The number of ether oxygens (including phenoxy) is 1. The zero-order valence-electron chi connectivity index (χ0n) is 10.7. The van der Waals surface area contributed by atoms with E-state index in [0.717, 1.165) is 22.6 Å². The van der Waals surface area contributed by atoms with Crippen molar-refractivity contribution in [2.45, 2.75) is 26.5 Å². The van der Waals surface area contributed by atoms with Crippen LogP contribution in [0.4, 0.5) is 8.78 Å². The van der Waals surface area contributed by atoms with Gasteiger partial charge < -0.3 is 14.9 Å². The molecule has 0 saturated heterocycles. The molecule has 0 amide bonds. The summed E-state index contributed by atoms with van der Waals surface area (Å²) in [6, 6.07) is 7.82. The number of halogens is 2. The third kappa shape index (κ3) is 3.12. The van der Waals surface area contributed by atoms with Crippen molar-refractivity contribution >= 4 is 0 Å². The molecule has 2 aromatic rings. The highest BCUT2D eigenvalue weighted by Gasteiger charge is 2.15. The van der Waals surface area contributed by atoms with E-state index < -0.39 is 6.61 Å². The third-order valence-electron chi connectivity index (χ3n) is 2.88. The van der Waals surface area contributed by atoms with E-state index in [1.54, 1.807) is 12.1 Å². The standard InChI is InChI=1S/C14H15F2NO2/c1-8-7-12(9(2)18-8)13(17)10-3-5-11(6-4-10)19-14(15)16/h3-7,13-14H,17H2,1-2H3. The molecular formula is C14H15F2NO2. The van der Waals surface area contributed by atoms with Gasteiger partial charge in [-0.3, -0.25) is 0 Å². The first-order valence-corrected chi connectivity index (χ1v) is 5.84. The molecule has 0 spiro atoms. The van der Waals surface area contributed by atoms with Gasteiger partial charge in [-0.25, -0.2) is 0 Å². The zero-order valence-corrected chi connectivity index (χ0v) is 10.7. The number of furan rings is 1. The maximum Gasteiger partial charge on any atom is 0.387 e. The van der Waals surface area contributed by atoms with Crippen molar-refractivity contribution in [3.05, 3.63) is 53.0 Å². The fraction of sp³-hybridized carbons (Fsp3) is 0.286. The summed E-state index contributed by atoms with van der Waals surface area (Å²) in [5.74, 6) is 1.67. The average Bonchev–Trinajstić information content (AvgIpc) is 2.68. The minimum Gasteiger partial charge on any atom is -0.466 e. The van der Waals surface area contributed by atoms with Gasteiger partial charge in [-0.2, -0.15) is 8.78 Å². The lowest BCUT2D eigenvalue weighted by molar-refractivity contribution is -0.0498. The summed E-state index contributed by atoms with van der Waals surface area (Å²) in [5.41, 5.74) is 7.83. The Bertz CT molecular complexity index is 549. The predicted molar refractivity (Wildman–Crippen MR) is 67.3 cm³/mol. The lowest BCUT2D eigenvalue weighted by Crippen LogP contribution is -2.12. The van der Waals surface area contributed by atoms with Crippen LogP contribution in [0.1, 0.15) is 28.7 Å². The first-order valence-electron chi connectivity index (χ1n) is 5.84. The molecule has 1 aromatic heterocycles. The summed E-state index contributed by atoms with van der Waals surface area (Å²) in [7, 11) is 0. The molecule has 1 atom stereocenters. The van der Waals surface area contributed by atoms with Crippen LogP contribution in [0.3, 0.4) is 0 Å². The Balaban J connectivity index is 2.20. The lowest BCUT2D eigenvalue weighted by atomic mass is 10.00. The van der Waals surface area contributed by atoms with Gasteiger partial charge in [0.2, 0.25) is 0 Å². The third-order valence-corrected chi connectivity index (χ3v) is 2.88. The molecular weight excluding hydrogens is 252 g/mol. The number of hydrogen-bond donors (Lipinski definition) is 1. The van der Waals surface area contributed by atoms with Crippen molar-refractivity contribution in [1.29, 1.82) is 0 Å². The van der Waals surface area contributed by atoms with Crippen LogP contribution in [0.15, 0.2) is 34.7 Å². The molecule has 5 heteroatoms. The van der Waals surface area contributed by atoms with Gasteiger partial charge in [-0.15, -0.1) is 0 Å². The smallest absolute Gasteiger partial charge is 0.387 e. The van der Waals surface area contributed by atoms with Gasteiger partial charge in [-0.1, -0.05) is 12.1 Å². The molecule has 0 fully saturated rings. The molecule has 2 N–H and O–H groups in total. The van der Waals surface area contributed by atoms with E-state index in [0.29, 0.717) is 0 Å². The molecule has 1 aromatic carbocycles. The van der Waals surface area contributed by atoms with E-state index in [4.69, 9.17) is 10.2 Å². The first-order chi connectivity index (χ1) is 8.97. The molecule has 102 valence electrons. The first kappa shape index (κ1) is 13.5. The van der Waals surface area contributed by atoms with Crippen LogP contribution in [0, 0.1) is 13.8 Å². The topological polar surface area (TPSA) is 48.4 Å². The molecule has 3 nitrogen and oxygen atoms in total. The Morgan fingerprint density at radius 3 is 2.26 bits per heavy atom. The van der Waals surface area contributed by atoms with Crippen LogP contribution in [0.2, 0.25) is 0 Å². The van der Waals surface area contributed by atoms with Gasteiger partial charge >= 0.3 is 6.61 Å². The maximum atomic E-state index is 12.0. The second-order valence-corrected chi connectivity index (χ2v) is 4.29. The average molecular weight is 267 g/mol. The van der Waals surface area contributed by atoms with Crippen molar-refractivity contribution in [2.24, 2.45) is 5.73 Å². The van der Waals surface area contributed by atoms with Crippen LogP contribution in [-0.2, 0) is 0 Å². The monoisotopic (exact) mass is 267 g/mol. The van der Waals surface area contributed by atoms with Gasteiger partial charge in [0, 0.05) is 5.56 Å². The number of benzene rings is 1. The molecule has 1 heterocycles. The van der Waals surface area contributed by atoms with Crippen LogP contribution < -0.4 is 10.5 Å². The molecule has 19 heavy (non-hydrogen) atoms. The van der Waals surface area contributed by atoms with Crippen molar-refractivity contribution in [3.8, 4) is 5.75 Å². The summed E-state index contributed by atoms with van der Waals surface area (Å²) < 4.78 is 33.8. The number of nitrogens with two attached hydrogens (primary N) is 1. The number of aryl methyl sites for hydroxylation is 2. The molecule has 2 rings (SSSR count). The van der Waals surface area contributed by atoms with Crippen LogP contribution >= 0.6 is 0 Å². The second-order valence-electron chi connectivity index (χ2n) is 4.29. The highest BCUT2D eigenvalue weighted by atomic mass is 19.3. The molecule has 0 aliphatic heterocycles. The van der Waals surface area contributed by atoms with E-state index in [9.17, 15) is 8.78 Å². The van der Waals surface area contributed by atoms with Gasteiger partial charge in [0.1, 0.15) is 17.3 Å². The van der Waals surface area contributed by atoms with E-state index in [1.165, 1.54) is 12.1 Å². The lowest BCUT2D eigenvalue weighted by Gasteiger charge is -2.12. The number of rotatable bonds is 4. The molecule has 0 radical (unpaired) electrons. The van der Waals surface area contributed by atoms with Crippen LogP contribution in [0.25, 0.3) is 0 Å². The Kier molecular flexibility index (Phi) is 3.85. The normalized spacial score (nSPS) is 12.7. The van der Waals surface area contributed by atoms with Gasteiger partial charge in [0.05, 0.1) is 6.04 Å². The molecule has 0 bridgehead atoms. The fourth-order valence-electron chi connectivity index (χ4n) is 2.00. The van der Waals surface area contributed by atoms with E-state index in [1.807, 2.05) is 19.9 Å². The highest BCUT2D eigenvalue weighted by molar-refractivity contribution is 5.36. The maximum absolute atomic E-state index is 12.0. The van der Waals surface area contributed by atoms with Crippen molar-refractivity contribution in [2.75, 3.05) is 0 Å². The SMILES string of the molecule is Cc1cc(C(N)c2ccc(OC(F)F)cc2)c(C)o1. The van der Waals surface area contributed by atoms with Crippen LogP contribution in [-0.4, -0.2) is 6.61 Å². The highest BCUT2D eigenvalue weighted by Crippen LogP contribution is 2.26. The van der Waals surface area contributed by atoms with Gasteiger partial charge in [-0.05, 0) is 37.6 Å². The summed E-state index contributed by atoms with van der Waals surface area (Å²) in [4.78, 5) is 0. The summed E-state index contributed by atoms with van der Waals surface area (Å²) in [6.45, 7) is 0.873. The minimum atomic E-state index is -2.82.